The normalized spacial score (nSPS) is 13.6. The maximum atomic E-state index is 6.94. The first-order valence-corrected chi connectivity index (χ1v) is 28.5. The SMILES string of the molecule is CC(C)(C)c1ccnc(-n2c3ccccc3c3ccc(Oc4cccc(N5Cn6c7ccccc7c7ccccc7c7cccc(-c8ccc9c(c8)-c8ccccc8C98c9ccccc9-c9ccccc98)c7c7cccc5c76)c4)cc32)c1. The smallest absolute Gasteiger partial charge is 0.137 e. The summed E-state index contributed by atoms with van der Waals surface area (Å²) in [6.07, 6.45) is 1.93. The average Bonchev–Trinajstić information content (AvgIpc) is 1.79. The summed E-state index contributed by atoms with van der Waals surface area (Å²) in [6, 6.07) is 94.3. The lowest BCUT2D eigenvalue weighted by atomic mass is 9.70. The summed E-state index contributed by atoms with van der Waals surface area (Å²) >= 11 is 0. The highest BCUT2D eigenvalue weighted by molar-refractivity contribution is 6.24. The standard InChI is InChI=1S/C77H54N4O/c1-76(2,3)49-41-42-78-73(44-49)81-70-35-15-10-27-60(70)61-39-38-52(46-72(61)81)82-51-20-16-19-50(45-51)79-47-80-69-34-14-9-26-59(69)54-21-4-5-22-55(54)62-29-17-28-53(74(62)63-30-18-36-71(79)75(63)80)48-37-40-68-64(43-48)58-25-8-13-33-67(58)77(68)65-31-11-6-23-56(65)57-24-7-12-32-66(57)77/h4-46H,47H2,1-3H3. The molecule has 0 radical (unpaired) electrons. The molecule has 4 heterocycles. The molecule has 2 aliphatic carbocycles. The van der Waals surface area contributed by atoms with Crippen molar-refractivity contribution in [3.05, 3.63) is 289 Å². The minimum Gasteiger partial charge on any atom is -0.457 e. The minimum absolute atomic E-state index is 0.0269. The average molecular weight is 1050 g/mol. The zero-order chi connectivity index (χ0) is 54.4. The second kappa shape index (κ2) is 17.4. The van der Waals surface area contributed by atoms with Crippen LogP contribution in [0.5, 0.6) is 11.5 Å². The molecule has 5 nitrogen and oxygen atoms in total. The van der Waals surface area contributed by atoms with Gasteiger partial charge >= 0.3 is 0 Å². The van der Waals surface area contributed by atoms with Crippen molar-refractivity contribution in [2.75, 3.05) is 4.90 Å². The number of fused-ring (bicyclic) bond motifs is 20. The lowest BCUT2D eigenvalue weighted by Gasteiger charge is -2.30. The number of ether oxygens (including phenoxy) is 1. The molecule has 0 amide bonds. The van der Waals surface area contributed by atoms with E-state index < -0.39 is 5.41 Å². The molecule has 3 aromatic heterocycles. The number of rotatable bonds is 5. The number of aromatic nitrogens is 3. The highest BCUT2D eigenvalue weighted by atomic mass is 16.5. The van der Waals surface area contributed by atoms with Crippen LogP contribution in [0.3, 0.4) is 0 Å². The summed E-state index contributed by atoms with van der Waals surface area (Å²) in [6.45, 7) is 7.34. The first-order chi connectivity index (χ1) is 40.3. The number of para-hydroxylation sites is 3. The van der Waals surface area contributed by atoms with Gasteiger partial charge in [-0.1, -0.05) is 203 Å². The quantitative estimate of drug-likeness (QED) is 0.172. The number of anilines is 2. The van der Waals surface area contributed by atoms with Crippen molar-refractivity contribution in [2.24, 2.45) is 0 Å². The maximum absolute atomic E-state index is 6.94. The molecule has 1 spiro atoms. The van der Waals surface area contributed by atoms with Crippen molar-refractivity contribution >= 4 is 76.5 Å². The van der Waals surface area contributed by atoms with E-state index in [0.717, 1.165) is 50.6 Å². The van der Waals surface area contributed by atoms with E-state index in [4.69, 9.17) is 9.72 Å². The largest absolute Gasteiger partial charge is 0.457 e. The molecule has 17 rings (SSSR count). The van der Waals surface area contributed by atoms with E-state index >= 15 is 0 Å². The third-order valence-electron chi connectivity index (χ3n) is 18.1. The predicted octanol–water partition coefficient (Wildman–Crippen LogP) is 19.9. The number of benzene rings is 11. The van der Waals surface area contributed by atoms with Crippen LogP contribution in [-0.4, -0.2) is 14.1 Å². The third-order valence-corrected chi connectivity index (χ3v) is 18.1. The topological polar surface area (TPSA) is 35.2 Å². The van der Waals surface area contributed by atoms with Crippen molar-refractivity contribution in [2.45, 2.75) is 38.3 Å². The Labute approximate surface area is 475 Å². The van der Waals surface area contributed by atoms with Crippen LogP contribution in [0.2, 0.25) is 0 Å². The fourth-order valence-electron chi connectivity index (χ4n) is 14.5. The van der Waals surface area contributed by atoms with Gasteiger partial charge in [0.1, 0.15) is 24.0 Å². The zero-order valence-corrected chi connectivity index (χ0v) is 45.7. The van der Waals surface area contributed by atoms with E-state index in [1.807, 2.05) is 6.20 Å². The Morgan fingerprint density at radius 2 is 0.976 bits per heavy atom. The van der Waals surface area contributed by atoms with Crippen molar-refractivity contribution in [3.8, 4) is 50.7 Å². The van der Waals surface area contributed by atoms with Gasteiger partial charge in [-0.3, -0.25) is 4.57 Å². The van der Waals surface area contributed by atoms with Gasteiger partial charge in [-0.2, -0.15) is 0 Å². The van der Waals surface area contributed by atoms with E-state index in [9.17, 15) is 0 Å². The van der Waals surface area contributed by atoms with Crippen molar-refractivity contribution < 1.29 is 4.74 Å². The summed E-state index contributed by atoms with van der Waals surface area (Å²) in [5, 5.41) is 9.56. The van der Waals surface area contributed by atoms with E-state index in [2.05, 4.69) is 290 Å². The van der Waals surface area contributed by atoms with Crippen LogP contribution in [0.1, 0.15) is 48.6 Å². The monoisotopic (exact) mass is 1050 g/mol. The molecule has 0 bridgehead atoms. The molecule has 388 valence electrons. The first kappa shape index (κ1) is 46.7. The molecule has 0 atom stereocenters. The third kappa shape index (κ3) is 6.59. The van der Waals surface area contributed by atoms with E-state index in [1.165, 1.54) is 104 Å². The summed E-state index contributed by atoms with van der Waals surface area (Å²) in [5.74, 6) is 2.41. The van der Waals surface area contributed by atoms with E-state index in [-0.39, 0.29) is 5.41 Å². The Hall–Kier alpha value is -10.2. The second-order valence-corrected chi connectivity index (χ2v) is 23.4. The summed E-state index contributed by atoms with van der Waals surface area (Å²) in [5.41, 5.74) is 20.4. The lowest BCUT2D eigenvalue weighted by molar-refractivity contribution is 0.483. The molecule has 1 aliphatic heterocycles. The molecule has 0 fully saturated rings. The van der Waals surface area contributed by atoms with Crippen LogP contribution in [0.25, 0.3) is 104 Å². The van der Waals surface area contributed by atoms with Gasteiger partial charge in [-0.25, -0.2) is 4.98 Å². The summed E-state index contributed by atoms with van der Waals surface area (Å²) < 4.78 is 11.8. The summed E-state index contributed by atoms with van der Waals surface area (Å²) in [7, 11) is 0. The van der Waals surface area contributed by atoms with Gasteiger partial charge in [-0.15, -0.1) is 0 Å². The van der Waals surface area contributed by atoms with E-state index in [0.29, 0.717) is 6.67 Å². The highest BCUT2D eigenvalue weighted by Gasteiger charge is 2.51. The predicted molar refractivity (Wildman–Crippen MR) is 340 cm³/mol. The molecule has 14 aromatic rings. The van der Waals surface area contributed by atoms with Gasteiger partial charge in [-0.05, 0) is 149 Å². The van der Waals surface area contributed by atoms with Crippen LogP contribution < -0.4 is 9.64 Å². The molecule has 0 saturated heterocycles. The first-order valence-electron chi connectivity index (χ1n) is 28.5. The Morgan fingerprint density at radius 1 is 0.415 bits per heavy atom. The molecular formula is C77H54N4O. The van der Waals surface area contributed by atoms with Gasteiger partial charge in [0.15, 0.2) is 0 Å². The molecule has 0 N–H and O–H groups in total. The van der Waals surface area contributed by atoms with Gasteiger partial charge in [0, 0.05) is 45.6 Å². The Morgan fingerprint density at radius 3 is 1.72 bits per heavy atom. The fraction of sp³-hybridized carbons (Fsp3) is 0.0779. The van der Waals surface area contributed by atoms with Gasteiger partial charge in [0.25, 0.3) is 0 Å². The highest BCUT2D eigenvalue weighted by Crippen LogP contribution is 2.63. The van der Waals surface area contributed by atoms with Gasteiger partial charge in [0.2, 0.25) is 0 Å². The Bertz CT molecular complexity index is 5080. The van der Waals surface area contributed by atoms with Crippen LogP contribution in [0.15, 0.2) is 261 Å². The molecule has 5 heteroatoms. The molecule has 3 aliphatic rings. The van der Waals surface area contributed by atoms with Crippen molar-refractivity contribution in [1.29, 1.82) is 0 Å². The van der Waals surface area contributed by atoms with Crippen LogP contribution in [0.4, 0.5) is 11.4 Å². The fourth-order valence-corrected chi connectivity index (χ4v) is 14.5. The minimum atomic E-state index is -0.413. The molecular weight excluding hydrogens is 997 g/mol. The number of hydrogen-bond acceptors (Lipinski definition) is 3. The number of nitrogens with zero attached hydrogens (tertiary/aromatic N) is 4. The Kier molecular flexibility index (Phi) is 9.89. The van der Waals surface area contributed by atoms with Crippen LogP contribution in [0, 0.1) is 0 Å². The zero-order valence-electron chi connectivity index (χ0n) is 45.7. The number of pyridine rings is 1. The van der Waals surface area contributed by atoms with Crippen molar-refractivity contribution in [3.63, 3.8) is 0 Å². The number of hydrogen-bond donors (Lipinski definition) is 0. The van der Waals surface area contributed by atoms with Gasteiger partial charge < -0.3 is 14.2 Å². The van der Waals surface area contributed by atoms with Crippen LogP contribution >= 0.6 is 0 Å². The maximum Gasteiger partial charge on any atom is 0.137 e. The molecule has 0 unspecified atom stereocenters. The lowest BCUT2D eigenvalue weighted by Crippen LogP contribution is -2.25. The molecule has 0 saturated carbocycles. The van der Waals surface area contributed by atoms with Gasteiger partial charge in [0.05, 0.1) is 33.2 Å². The summed E-state index contributed by atoms with van der Waals surface area (Å²) in [4.78, 5) is 7.39. The van der Waals surface area contributed by atoms with E-state index in [1.54, 1.807) is 0 Å². The van der Waals surface area contributed by atoms with Crippen LogP contribution in [-0.2, 0) is 17.5 Å². The molecule has 11 aromatic carbocycles. The van der Waals surface area contributed by atoms with Crippen molar-refractivity contribution in [1.82, 2.24) is 14.1 Å². The molecule has 82 heavy (non-hydrogen) atoms. The second-order valence-electron chi connectivity index (χ2n) is 23.4. The Balaban J connectivity index is 0.846.